The Kier molecular flexibility index (Phi) is 4.91. The Balaban J connectivity index is 1.72. The largest absolute Gasteiger partial charge is 0.361 e. The number of piperidine rings is 1. The molecule has 2 aliphatic rings. The first-order valence-corrected chi connectivity index (χ1v) is 7.88. The first-order chi connectivity index (χ1) is 12.1. The molecular weight excluding hydrogens is 324 g/mol. The lowest BCUT2D eigenvalue weighted by Gasteiger charge is -2.29. The van der Waals surface area contributed by atoms with Gasteiger partial charge in [0.15, 0.2) is 0 Å². The van der Waals surface area contributed by atoms with Crippen LogP contribution in [0.2, 0.25) is 0 Å². The zero-order valence-electron chi connectivity index (χ0n) is 13.4. The van der Waals surface area contributed by atoms with Crippen LogP contribution in [0.15, 0.2) is 18.2 Å². The summed E-state index contributed by atoms with van der Waals surface area (Å²) in [6.07, 6.45) is 1.23. The maximum Gasteiger partial charge on any atom is 0.255 e. The predicted molar refractivity (Wildman–Crippen MR) is 86.2 cm³/mol. The van der Waals surface area contributed by atoms with E-state index in [1.807, 2.05) is 6.07 Å². The highest BCUT2D eigenvalue weighted by Crippen LogP contribution is 2.27. The summed E-state index contributed by atoms with van der Waals surface area (Å²) < 4.78 is 4.96. The normalized spacial score (nSPS) is 19.1. The average Bonchev–Trinajstić information content (AvgIpc) is 2.91. The Bertz CT molecular complexity index is 805. The molecule has 0 radical (unpaired) electrons. The third-order valence-electron chi connectivity index (χ3n) is 4.12. The molecule has 0 aromatic heterocycles. The SMILES string of the molecule is O=CCOCC#Cc1ccc2c(c1)CN(C1CCC(=O)NC1=O)C2=O. The van der Waals surface area contributed by atoms with Gasteiger partial charge in [0.2, 0.25) is 11.8 Å². The molecular formula is C18H16N2O5. The van der Waals surface area contributed by atoms with E-state index in [1.165, 1.54) is 4.90 Å². The first-order valence-electron chi connectivity index (χ1n) is 7.88. The molecule has 1 fully saturated rings. The molecule has 0 bridgehead atoms. The zero-order valence-corrected chi connectivity index (χ0v) is 13.4. The van der Waals surface area contributed by atoms with E-state index >= 15 is 0 Å². The Hall–Kier alpha value is -2.98. The number of rotatable bonds is 4. The molecule has 2 heterocycles. The van der Waals surface area contributed by atoms with Crippen LogP contribution in [0.5, 0.6) is 0 Å². The molecule has 1 unspecified atom stereocenters. The first kappa shape index (κ1) is 16.9. The summed E-state index contributed by atoms with van der Waals surface area (Å²) in [7, 11) is 0. The number of nitrogens with one attached hydrogen (secondary N) is 1. The van der Waals surface area contributed by atoms with Gasteiger partial charge in [-0.1, -0.05) is 11.8 Å². The van der Waals surface area contributed by atoms with Gasteiger partial charge in [0, 0.05) is 24.1 Å². The summed E-state index contributed by atoms with van der Waals surface area (Å²) in [6.45, 7) is 0.475. The van der Waals surface area contributed by atoms with Gasteiger partial charge in [-0.25, -0.2) is 0 Å². The van der Waals surface area contributed by atoms with Crippen molar-refractivity contribution in [1.82, 2.24) is 10.2 Å². The molecule has 1 saturated heterocycles. The number of hydrogen-bond donors (Lipinski definition) is 1. The smallest absolute Gasteiger partial charge is 0.255 e. The van der Waals surface area contributed by atoms with Gasteiger partial charge in [-0.15, -0.1) is 0 Å². The zero-order chi connectivity index (χ0) is 17.8. The quantitative estimate of drug-likeness (QED) is 0.361. The number of ether oxygens (including phenoxy) is 1. The van der Waals surface area contributed by atoms with Crippen LogP contribution in [0, 0.1) is 11.8 Å². The Morgan fingerprint density at radius 3 is 2.92 bits per heavy atom. The average molecular weight is 340 g/mol. The molecule has 1 aromatic carbocycles. The van der Waals surface area contributed by atoms with Crippen molar-refractivity contribution in [1.29, 1.82) is 0 Å². The van der Waals surface area contributed by atoms with Crippen molar-refractivity contribution in [3.8, 4) is 11.8 Å². The fourth-order valence-corrected chi connectivity index (χ4v) is 2.95. The van der Waals surface area contributed by atoms with E-state index in [4.69, 9.17) is 4.74 Å². The number of benzene rings is 1. The third-order valence-corrected chi connectivity index (χ3v) is 4.12. The van der Waals surface area contributed by atoms with Gasteiger partial charge in [-0.3, -0.25) is 19.7 Å². The fraction of sp³-hybridized carbons (Fsp3) is 0.333. The number of hydrogen-bond acceptors (Lipinski definition) is 5. The number of nitrogens with zero attached hydrogens (tertiary/aromatic N) is 1. The number of aldehydes is 1. The standard InChI is InChI=1S/C18H16N2O5/c21-7-9-25-8-1-2-12-3-4-14-13(10-12)11-20(18(14)24)15-5-6-16(22)19-17(15)23/h3-4,7,10,15H,5-6,8-9,11H2,(H,19,22,23). The molecule has 3 rings (SSSR count). The van der Waals surface area contributed by atoms with E-state index in [2.05, 4.69) is 17.2 Å². The van der Waals surface area contributed by atoms with E-state index in [0.717, 1.165) is 11.1 Å². The van der Waals surface area contributed by atoms with Crippen molar-refractivity contribution in [2.75, 3.05) is 13.2 Å². The molecule has 128 valence electrons. The van der Waals surface area contributed by atoms with E-state index in [9.17, 15) is 19.2 Å². The highest BCUT2D eigenvalue weighted by Gasteiger charge is 2.38. The lowest BCUT2D eigenvalue weighted by atomic mass is 10.0. The highest BCUT2D eigenvalue weighted by molar-refractivity contribution is 6.05. The van der Waals surface area contributed by atoms with Gasteiger partial charge in [0.1, 0.15) is 25.5 Å². The van der Waals surface area contributed by atoms with Crippen molar-refractivity contribution in [3.63, 3.8) is 0 Å². The second-order valence-electron chi connectivity index (χ2n) is 5.76. The van der Waals surface area contributed by atoms with Crippen LogP contribution in [0.25, 0.3) is 0 Å². The Morgan fingerprint density at radius 2 is 2.16 bits per heavy atom. The minimum absolute atomic E-state index is 0.00822. The van der Waals surface area contributed by atoms with Crippen LogP contribution in [-0.4, -0.2) is 48.2 Å². The summed E-state index contributed by atoms with van der Waals surface area (Å²) in [5.74, 6) is 4.76. The highest BCUT2D eigenvalue weighted by atomic mass is 16.5. The van der Waals surface area contributed by atoms with Crippen molar-refractivity contribution < 1.29 is 23.9 Å². The van der Waals surface area contributed by atoms with E-state index in [-0.39, 0.29) is 31.4 Å². The Labute approximate surface area is 144 Å². The van der Waals surface area contributed by atoms with Crippen molar-refractivity contribution in [3.05, 3.63) is 34.9 Å². The summed E-state index contributed by atoms with van der Waals surface area (Å²) in [4.78, 5) is 47.4. The monoisotopic (exact) mass is 340 g/mol. The van der Waals surface area contributed by atoms with Gasteiger partial charge < -0.3 is 14.4 Å². The van der Waals surface area contributed by atoms with Gasteiger partial charge in [-0.2, -0.15) is 0 Å². The second-order valence-corrected chi connectivity index (χ2v) is 5.76. The molecule has 2 aliphatic heterocycles. The maximum atomic E-state index is 12.5. The second kappa shape index (κ2) is 7.28. The minimum Gasteiger partial charge on any atom is -0.361 e. The van der Waals surface area contributed by atoms with Crippen molar-refractivity contribution >= 4 is 24.0 Å². The molecule has 1 atom stereocenters. The number of imide groups is 1. The van der Waals surface area contributed by atoms with Crippen LogP contribution in [0.1, 0.15) is 34.3 Å². The van der Waals surface area contributed by atoms with Crippen LogP contribution in [-0.2, 0) is 25.7 Å². The number of amides is 3. The van der Waals surface area contributed by atoms with E-state index in [1.54, 1.807) is 12.1 Å². The van der Waals surface area contributed by atoms with Gasteiger partial charge >= 0.3 is 0 Å². The molecule has 0 aliphatic carbocycles. The van der Waals surface area contributed by atoms with Crippen LogP contribution < -0.4 is 5.32 Å². The number of fused-ring (bicyclic) bond motifs is 1. The lowest BCUT2D eigenvalue weighted by Crippen LogP contribution is -2.52. The molecule has 7 nitrogen and oxygen atoms in total. The molecule has 0 spiro atoms. The summed E-state index contributed by atoms with van der Waals surface area (Å²) in [6, 6.07) is 4.62. The van der Waals surface area contributed by atoms with Gasteiger partial charge in [-0.05, 0) is 30.2 Å². The fourth-order valence-electron chi connectivity index (χ4n) is 2.95. The molecule has 7 heteroatoms. The lowest BCUT2D eigenvalue weighted by molar-refractivity contribution is -0.136. The molecule has 1 N–H and O–H groups in total. The van der Waals surface area contributed by atoms with Crippen molar-refractivity contribution in [2.45, 2.75) is 25.4 Å². The van der Waals surface area contributed by atoms with Crippen molar-refractivity contribution in [2.24, 2.45) is 0 Å². The van der Waals surface area contributed by atoms with Gasteiger partial charge in [0.25, 0.3) is 5.91 Å². The summed E-state index contributed by atoms with van der Waals surface area (Å²) >= 11 is 0. The summed E-state index contributed by atoms with van der Waals surface area (Å²) in [5, 5.41) is 2.28. The molecule has 3 amide bonds. The molecule has 1 aromatic rings. The van der Waals surface area contributed by atoms with E-state index < -0.39 is 11.9 Å². The predicted octanol–water partition coefficient (Wildman–Crippen LogP) is 0.0146. The Morgan fingerprint density at radius 1 is 1.32 bits per heavy atom. The minimum atomic E-state index is -0.621. The molecule has 0 saturated carbocycles. The van der Waals surface area contributed by atoms with Crippen LogP contribution in [0.3, 0.4) is 0 Å². The number of carbonyl (C=O) groups is 4. The topological polar surface area (TPSA) is 92.8 Å². The van der Waals surface area contributed by atoms with Crippen LogP contribution >= 0.6 is 0 Å². The van der Waals surface area contributed by atoms with Crippen LogP contribution in [0.4, 0.5) is 0 Å². The third kappa shape index (κ3) is 3.59. The molecule has 25 heavy (non-hydrogen) atoms. The maximum absolute atomic E-state index is 12.5. The number of carbonyl (C=O) groups excluding carboxylic acids is 4. The summed E-state index contributed by atoms with van der Waals surface area (Å²) in [5.41, 5.74) is 2.08. The van der Waals surface area contributed by atoms with E-state index in [0.29, 0.717) is 24.8 Å². The van der Waals surface area contributed by atoms with Gasteiger partial charge in [0.05, 0.1) is 0 Å².